The Morgan fingerprint density at radius 1 is 1.29 bits per heavy atom. The van der Waals surface area contributed by atoms with Crippen molar-refractivity contribution in [3.8, 4) is 0 Å². The summed E-state index contributed by atoms with van der Waals surface area (Å²) in [6.07, 6.45) is 5.47. The lowest BCUT2D eigenvalue weighted by atomic mass is 9.90. The summed E-state index contributed by atoms with van der Waals surface area (Å²) in [5.41, 5.74) is 4.16. The molecule has 21 heavy (non-hydrogen) atoms. The van der Waals surface area contributed by atoms with E-state index >= 15 is 0 Å². The minimum atomic E-state index is 0.0933. The van der Waals surface area contributed by atoms with Crippen molar-refractivity contribution in [2.45, 2.75) is 44.7 Å². The van der Waals surface area contributed by atoms with E-state index in [1.54, 1.807) is 0 Å². The van der Waals surface area contributed by atoms with E-state index in [1.807, 2.05) is 0 Å². The average molecular weight is 288 g/mol. The molecule has 2 N–H and O–H groups in total. The fraction of sp³-hybridized carbons (Fsp3) is 0.588. The smallest absolute Gasteiger partial charge is 0.221 e. The van der Waals surface area contributed by atoms with Crippen LogP contribution in [0.1, 0.15) is 36.0 Å². The second-order valence-electron chi connectivity index (χ2n) is 6.02. The summed E-state index contributed by atoms with van der Waals surface area (Å²) in [6, 6.07) is 6.79. The highest BCUT2D eigenvalue weighted by Gasteiger charge is 2.16. The maximum atomic E-state index is 12.0. The number of carbonyl (C=O) groups excluding carboxylic acids is 1. The van der Waals surface area contributed by atoms with Gasteiger partial charge in [-0.05, 0) is 42.4 Å². The Kier molecular flexibility index (Phi) is 4.88. The Labute approximate surface area is 126 Å². The molecule has 0 saturated carbocycles. The van der Waals surface area contributed by atoms with Gasteiger partial charge in [-0.2, -0.15) is 0 Å². The van der Waals surface area contributed by atoms with Crippen molar-refractivity contribution in [3.63, 3.8) is 0 Å². The third-order valence-corrected chi connectivity index (χ3v) is 4.33. The molecule has 1 aliphatic carbocycles. The Morgan fingerprint density at radius 2 is 2.14 bits per heavy atom. The van der Waals surface area contributed by atoms with Gasteiger partial charge in [-0.1, -0.05) is 18.2 Å². The molecule has 1 amide bonds. The number of rotatable bonds is 4. The fourth-order valence-electron chi connectivity index (χ4n) is 3.14. The normalized spacial score (nSPS) is 21.6. The van der Waals surface area contributed by atoms with Gasteiger partial charge >= 0.3 is 0 Å². The van der Waals surface area contributed by atoms with Crippen LogP contribution in [0.15, 0.2) is 18.2 Å². The van der Waals surface area contributed by atoms with Crippen LogP contribution in [0.4, 0.5) is 0 Å². The molecule has 3 rings (SSSR count). The minimum Gasteiger partial charge on any atom is -0.378 e. The Morgan fingerprint density at radius 3 is 2.95 bits per heavy atom. The van der Waals surface area contributed by atoms with Gasteiger partial charge in [0.05, 0.1) is 13.2 Å². The summed E-state index contributed by atoms with van der Waals surface area (Å²) in [6.45, 7) is 2.84. The van der Waals surface area contributed by atoms with Gasteiger partial charge in [-0.25, -0.2) is 0 Å². The topological polar surface area (TPSA) is 50.4 Å². The summed E-state index contributed by atoms with van der Waals surface area (Å²) in [4.78, 5) is 12.0. The molecule has 0 radical (unpaired) electrons. The second kappa shape index (κ2) is 7.05. The molecule has 1 saturated heterocycles. The number of benzene rings is 1. The van der Waals surface area contributed by atoms with Gasteiger partial charge < -0.3 is 15.4 Å². The summed E-state index contributed by atoms with van der Waals surface area (Å²) >= 11 is 0. The first-order valence-electron chi connectivity index (χ1n) is 8.00. The predicted octanol–water partition coefficient (Wildman–Crippen LogP) is 1.56. The number of aryl methyl sites for hydroxylation is 2. The molecule has 4 heteroatoms. The van der Waals surface area contributed by atoms with Crippen molar-refractivity contribution in [2.75, 3.05) is 19.8 Å². The Balaban J connectivity index is 1.49. The third kappa shape index (κ3) is 4.05. The van der Waals surface area contributed by atoms with Crippen molar-refractivity contribution in [1.82, 2.24) is 10.6 Å². The molecule has 0 spiro atoms. The molecule has 0 aromatic heterocycles. The van der Waals surface area contributed by atoms with Crippen LogP contribution in [0.5, 0.6) is 0 Å². The van der Waals surface area contributed by atoms with E-state index in [0.29, 0.717) is 19.6 Å². The SMILES string of the molecule is O=C(C[C@@H]1COCCN1)NCc1ccc2c(c1)CCCC2. The van der Waals surface area contributed by atoms with Crippen molar-refractivity contribution < 1.29 is 9.53 Å². The van der Waals surface area contributed by atoms with E-state index in [4.69, 9.17) is 4.74 Å². The maximum absolute atomic E-state index is 12.0. The van der Waals surface area contributed by atoms with Gasteiger partial charge in [0.1, 0.15) is 0 Å². The van der Waals surface area contributed by atoms with Crippen molar-refractivity contribution >= 4 is 5.91 Å². The summed E-state index contributed by atoms with van der Waals surface area (Å²) in [7, 11) is 0. The minimum absolute atomic E-state index is 0.0933. The number of hydrogen-bond donors (Lipinski definition) is 2. The van der Waals surface area contributed by atoms with Gasteiger partial charge in [0.15, 0.2) is 0 Å². The van der Waals surface area contributed by atoms with E-state index in [1.165, 1.54) is 42.4 Å². The molecule has 1 aromatic carbocycles. The zero-order valence-electron chi connectivity index (χ0n) is 12.5. The van der Waals surface area contributed by atoms with E-state index in [-0.39, 0.29) is 11.9 Å². The van der Waals surface area contributed by atoms with Crippen LogP contribution in [0, 0.1) is 0 Å². The highest BCUT2D eigenvalue weighted by molar-refractivity contribution is 5.76. The molecule has 2 aliphatic rings. The maximum Gasteiger partial charge on any atom is 0.221 e. The number of fused-ring (bicyclic) bond motifs is 1. The molecule has 0 bridgehead atoms. The van der Waals surface area contributed by atoms with E-state index in [0.717, 1.165) is 13.2 Å². The summed E-state index contributed by atoms with van der Waals surface area (Å²) in [5.74, 6) is 0.0933. The molecule has 1 atom stereocenters. The highest BCUT2D eigenvalue weighted by Crippen LogP contribution is 2.22. The van der Waals surface area contributed by atoms with Crippen LogP contribution < -0.4 is 10.6 Å². The third-order valence-electron chi connectivity index (χ3n) is 4.33. The summed E-state index contributed by atoms with van der Waals surface area (Å²) < 4.78 is 5.37. The first-order valence-corrected chi connectivity index (χ1v) is 8.00. The van der Waals surface area contributed by atoms with Crippen LogP contribution in [-0.2, 0) is 28.9 Å². The molecular formula is C17H24N2O2. The van der Waals surface area contributed by atoms with Crippen LogP contribution in [0.3, 0.4) is 0 Å². The van der Waals surface area contributed by atoms with Gasteiger partial charge in [0.2, 0.25) is 5.91 Å². The van der Waals surface area contributed by atoms with Crippen molar-refractivity contribution in [3.05, 3.63) is 34.9 Å². The zero-order chi connectivity index (χ0) is 14.5. The highest BCUT2D eigenvalue weighted by atomic mass is 16.5. The molecule has 1 aromatic rings. The van der Waals surface area contributed by atoms with Crippen LogP contribution >= 0.6 is 0 Å². The number of carbonyl (C=O) groups is 1. The van der Waals surface area contributed by atoms with Gasteiger partial charge in [-0.15, -0.1) is 0 Å². The quantitative estimate of drug-likeness (QED) is 0.884. The van der Waals surface area contributed by atoms with Gasteiger partial charge in [0.25, 0.3) is 0 Å². The molecule has 1 fully saturated rings. The molecule has 0 unspecified atom stereocenters. The van der Waals surface area contributed by atoms with Gasteiger partial charge in [-0.3, -0.25) is 4.79 Å². The first-order chi connectivity index (χ1) is 10.3. The number of hydrogen-bond acceptors (Lipinski definition) is 3. The number of morpholine rings is 1. The molecule has 1 heterocycles. The van der Waals surface area contributed by atoms with E-state index < -0.39 is 0 Å². The van der Waals surface area contributed by atoms with Crippen molar-refractivity contribution in [1.29, 1.82) is 0 Å². The van der Waals surface area contributed by atoms with E-state index in [9.17, 15) is 4.79 Å². The van der Waals surface area contributed by atoms with E-state index in [2.05, 4.69) is 28.8 Å². The molecular weight excluding hydrogens is 264 g/mol. The summed E-state index contributed by atoms with van der Waals surface area (Å²) in [5, 5.41) is 6.32. The largest absolute Gasteiger partial charge is 0.378 e. The van der Waals surface area contributed by atoms with Crippen molar-refractivity contribution in [2.24, 2.45) is 0 Å². The number of nitrogens with one attached hydrogen (secondary N) is 2. The first kappa shape index (κ1) is 14.5. The van der Waals surface area contributed by atoms with Crippen LogP contribution in [0.25, 0.3) is 0 Å². The molecule has 114 valence electrons. The molecule has 4 nitrogen and oxygen atoms in total. The monoisotopic (exact) mass is 288 g/mol. The zero-order valence-corrected chi connectivity index (χ0v) is 12.5. The Hall–Kier alpha value is -1.39. The predicted molar refractivity (Wildman–Crippen MR) is 82.2 cm³/mol. The Bertz CT molecular complexity index is 496. The number of amides is 1. The standard InChI is InChI=1S/C17H24N2O2/c20-17(10-16-12-21-8-7-18-16)19-11-13-5-6-14-3-1-2-4-15(14)9-13/h5-6,9,16,18H,1-4,7-8,10-12H2,(H,19,20)/t16-/m1/s1. The van der Waals surface area contributed by atoms with Crippen LogP contribution in [0.2, 0.25) is 0 Å². The lowest BCUT2D eigenvalue weighted by Crippen LogP contribution is -2.44. The molecule has 1 aliphatic heterocycles. The second-order valence-corrected chi connectivity index (χ2v) is 6.02. The van der Waals surface area contributed by atoms with Crippen LogP contribution in [-0.4, -0.2) is 31.7 Å². The lowest BCUT2D eigenvalue weighted by Gasteiger charge is -2.23. The fourth-order valence-corrected chi connectivity index (χ4v) is 3.14. The lowest BCUT2D eigenvalue weighted by molar-refractivity contribution is -0.122. The average Bonchev–Trinajstić information content (AvgIpc) is 2.54. The van der Waals surface area contributed by atoms with Gasteiger partial charge in [0, 0.05) is 25.6 Å². The number of ether oxygens (including phenoxy) is 1.